The van der Waals surface area contributed by atoms with Gasteiger partial charge < -0.3 is 19.7 Å². The SMILES string of the molecule is COc1ccc([C@@H]2/C(=C(\O)c3ccc(C)cc3)C(=O)C(=O)N2c2cccc(C(=O)O)c2)c(OC)c1. The van der Waals surface area contributed by atoms with Gasteiger partial charge in [-0.15, -0.1) is 0 Å². The number of ether oxygens (including phenoxy) is 2. The van der Waals surface area contributed by atoms with E-state index in [9.17, 15) is 24.6 Å². The van der Waals surface area contributed by atoms with Crippen LogP contribution in [-0.2, 0) is 9.59 Å². The molecule has 1 fully saturated rings. The molecule has 4 rings (SSSR count). The Hall–Kier alpha value is -4.59. The molecule has 1 aliphatic heterocycles. The molecule has 1 aliphatic rings. The van der Waals surface area contributed by atoms with Crippen LogP contribution in [0, 0.1) is 6.92 Å². The van der Waals surface area contributed by atoms with Gasteiger partial charge in [0, 0.05) is 22.9 Å². The number of methoxy groups -OCH3 is 2. The second-order valence-electron chi connectivity index (χ2n) is 8.00. The molecular weight excluding hydrogens is 450 g/mol. The lowest BCUT2D eigenvalue weighted by atomic mass is 9.94. The molecule has 3 aromatic carbocycles. The zero-order chi connectivity index (χ0) is 25.3. The van der Waals surface area contributed by atoms with E-state index in [1.807, 2.05) is 6.92 Å². The second-order valence-corrected chi connectivity index (χ2v) is 8.00. The number of aryl methyl sites for hydroxylation is 1. The Labute approximate surface area is 201 Å². The molecule has 3 aromatic rings. The molecule has 8 nitrogen and oxygen atoms in total. The van der Waals surface area contributed by atoms with Crippen molar-refractivity contribution in [1.29, 1.82) is 0 Å². The summed E-state index contributed by atoms with van der Waals surface area (Å²) in [5, 5.41) is 20.7. The van der Waals surface area contributed by atoms with Crippen molar-refractivity contribution >= 4 is 29.1 Å². The molecule has 178 valence electrons. The van der Waals surface area contributed by atoms with Crippen molar-refractivity contribution in [2.45, 2.75) is 13.0 Å². The Morgan fingerprint density at radius 1 is 0.886 bits per heavy atom. The number of carboxylic acids is 1. The lowest BCUT2D eigenvalue weighted by Gasteiger charge is -2.27. The van der Waals surface area contributed by atoms with Gasteiger partial charge in [-0.05, 0) is 37.3 Å². The number of carbonyl (C=O) groups is 3. The van der Waals surface area contributed by atoms with E-state index in [0.717, 1.165) is 5.56 Å². The Morgan fingerprint density at radius 3 is 2.23 bits per heavy atom. The quantitative estimate of drug-likeness (QED) is 0.311. The minimum Gasteiger partial charge on any atom is -0.507 e. The van der Waals surface area contributed by atoms with E-state index in [-0.39, 0.29) is 22.6 Å². The standard InChI is InChI=1S/C27H23NO7/c1-15-7-9-16(10-8-15)24(29)22-23(20-12-11-19(34-2)14-21(20)35-3)28(26(31)25(22)30)18-6-4-5-17(13-18)27(32)33/h4-14,23,29H,1-3H3,(H,32,33)/b24-22+/t23-/m1/s1. The lowest BCUT2D eigenvalue weighted by Crippen LogP contribution is -2.29. The Morgan fingerprint density at radius 2 is 1.60 bits per heavy atom. The number of carbonyl (C=O) groups excluding carboxylic acids is 2. The first-order valence-electron chi connectivity index (χ1n) is 10.7. The summed E-state index contributed by atoms with van der Waals surface area (Å²) in [5.41, 5.74) is 1.75. The van der Waals surface area contributed by atoms with Crippen LogP contribution in [0.1, 0.15) is 33.1 Å². The molecule has 35 heavy (non-hydrogen) atoms. The number of aromatic carboxylic acids is 1. The van der Waals surface area contributed by atoms with Gasteiger partial charge in [0.2, 0.25) is 0 Å². The number of ketones is 1. The highest BCUT2D eigenvalue weighted by Crippen LogP contribution is 2.45. The minimum absolute atomic E-state index is 0.0524. The molecular formula is C27H23NO7. The molecule has 1 amide bonds. The zero-order valence-electron chi connectivity index (χ0n) is 19.3. The molecule has 1 atom stereocenters. The zero-order valence-corrected chi connectivity index (χ0v) is 19.3. The first-order chi connectivity index (χ1) is 16.8. The van der Waals surface area contributed by atoms with Gasteiger partial charge in [-0.3, -0.25) is 14.5 Å². The van der Waals surface area contributed by atoms with Crippen LogP contribution in [0.5, 0.6) is 11.5 Å². The Kier molecular flexibility index (Phi) is 6.29. The van der Waals surface area contributed by atoms with Crippen LogP contribution in [0.25, 0.3) is 5.76 Å². The smallest absolute Gasteiger partial charge is 0.335 e. The number of benzene rings is 3. The van der Waals surface area contributed by atoms with E-state index in [2.05, 4.69) is 0 Å². The Bertz CT molecular complexity index is 1360. The summed E-state index contributed by atoms with van der Waals surface area (Å²) in [6.45, 7) is 1.89. The van der Waals surface area contributed by atoms with Gasteiger partial charge in [-0.2, -0.15) is 0 Å². The summed E-state index contributed by atoms with van der Waals surface area (Å²) in [6.07, 6.45) is 0. The fourth-order valence-corrected chi connectivity index (χ4v) is 4.09. The van der Waals surface area contributed by atoms with Crippen LogP contribution >= 0.6 is 0 Å². The molecule has 2 N–H and O–H groups in total. The molecule has 8 heteroatoms. The summed E-state index contributed by atoms with van der Waals surface area (Å²) in [6, 6.07) is 16.4. The van der Waals surface area contributed by atoms with Crippen molar-refractivity contribution in [2.75, 3.05) is 19.1 Å². The molecule has 1 heterocycles. The van der Waals surface area contributed by atoms with Crippen molar-refractivity contribution in [1.82, 2.24) is 0 Å². The predicted octanol–water partition coefficient (Wildman–Crippen LogP) is 4.34. The van der Waals surface area contributed by atoms with Crippen LogP contribution in [0.3, 0.4) is 0 Å². The molecule has 0 spiro atoms. The summed E-state index contributed by atoms with van der Waals surface area (Å²) in [7, 11) is 2.94. The molecule has 0 aromatic heterocycles. The average molecular weight is 473 g/mol. The number of rotatable bonds is 6. The third-order valence-corrected chi connectivity index (χ3v) is 5.88. The summed E-state index contributed by atoms with van der Waals surface area (Å²) in [4.78, 5) is 39.4. The summed E-state index contributed by atoms with van der Waals surface area (Å²) >= 11 is 0. The van der Waals surface area contributed by atoms with E-state index in [1.54, 1.807) is 42.5 Å². The lowest BCUT2D eigenvalue weighted by molar-refractivity contribution is -0.132. The van der Waals surface area contributed by atoms with Gasteiger partial charge >= 0.3 is 5.97 Å². The predicted molar refractivity (Wildman–Crippen MR) is 129 cm³/mol. The second kappa shape index (κ2) is 9.34. The fraction of sp³-hybridized carbons (Fsp3) is 0.148. The topological polar surface area (TPSA) is 113 Å². The maximum Gasteiger partial charge on any atom is 0.335 e. The third kappa shape index (κ3) is 4.21. The van der Waals surface area contributed by atoms with Crippen LogP contribution < -0.4 is 14.4 Å². The number of Topliss-reactive ketones (excluding diaryl/α,β-unsaturated/α-hetero) is 1. The maximum atomic E-state index is 13.3. The highest BCUT2D eigenvalue weighted by molar-refractivity contribution is 6.51. The summed E-state index contributed by atoms with van der Waals surface area (Å²) < 4.78 is 10.8. The maximum absolute atomic E-state index is 13.3. The largest absolute Gasteiger partial charge is 0.507 e. The van der Waals surface area contributed by atoms with Gasteiger partial charge in [0.1, 0.15) is 17.3 Å². The molecule has 0 radical (unpaired) electrons. The van der Waals surface area contributed by atoms with Crippen molar-refractivity contribution < 1.29 is 34.1 Å². The molecule has 0 unspecified atom stereocenters. The van der Waals surface area contributed by atoms with E-state index >= 15 is 0 Å². The van der Waals surface area contributed by atoms with E-state index in [0.29, 0.717) is 22.6 Å². The van der Waals surface area contributed by atoms with Crippen molar-refractivity contribution in [3.8, 4) is 11.5 Å². The number of aliphatic hydroxyl groups excluding tert-OH is 1. The van der Waals surface area contributed by atoms with Crippen LogP contribution in [0.15, 0.2) is 72.3 Å². The van der Waals surface area contributed by atoms with E-state index < -0.39 is 23.7 Å². The third-order valence-electron chi connectivity index (χ3n) is 5.88. The molecule has 0 aliphatic carbocycles. The number of anilines is 1. The number of hydrogen-bond acceptors (Lipinski definition) is 6. The normalized spacial score (nSPS) is 16.9. The number of carboxylic acid groups (broad SMARTS) is 1. The monoisotopic (exact) mass is 473 g/mol. The molecule has 0 bridgehead atoms. The first kappa shape index (κ1) is 23.6. The summed E-state index contributed by atoms with van der Waals surface area (Å²) in [5.74, 6) is -2.50. The van der Waals surface area contributed by atoms with Gasteiger partial charge in [0.15, 0.2) is 0 Å². The number of aliphatic hydroxyl groups is 1. The van der Waals surface area contributed by atoms with Gasteiger partial charge in [-0.1, -0.05) is 35.9 Å². The fourth-order valence-electron chi connectivity index (χ4n) is 4.09. The highest BCUT2D eigenvalue weighted by Gasteiger charge is 2.48. The van der Waals surface area contributed by atoms with E-state index in [1.165, 1.54) is 43.4 Å². The van der Waals surface area contributed by atoms with E-state index in [4.69, 9.17) is 9.47 Å². The Balaban J connectivity index is 2.00. The number of nitrogens with zero attached hydrogens (tertiary/aromatic N) is 1. The average Bonchev–Trinajstić information content (AvgIpc) is 3.13. The van der Waals surface area contributed by atoms with Crippen LogP contribution in [0.2, 0.25) is 0 Å². The van der Waals surface area contributed by atoms with Crippen LogP contribution in [-0.4, -0.2) is 42.1 Å². The molecule has 1 saturated heterocycles. The number of amides is 1. The number of hydrogen-bond donors (Lipinski definition) is 2. The van der Waals surface area contributed by atoms with Crippen molar-refractivity contribution in [2.24, 2.45) is 0 Å². The van der Waals surface area contributed by atoms with Crippen molar-refractivity contribution in [3.63, 3.8) is 0 Å². The minimum atomic E-state index is -1.18. The van der Waals surface area contributed by atoms with Crippen LogP contribution in [0.4, 0.5) is 5.69 Å². The van der Waals surface area contributed by atoms with Gasteiger partial charge in [-0.25, -0.2) is 4.79 Å². The van der Waals surface area contributed by atoms with Gasteiger partial charge in [0.05, 0.1) is 31.4 Å². The van der Waals surface area contributed by atoms with Gasteiger partial charge in [0.25, 0.3) is 11.7 Å². The van der Waals surface area contributed by atoms with Crippen molar-refractivity contribution in [3.05, 3.63) is 94.6 Å². The first-order valence-corrected chi connectivity index (χ1v) is 10.7. The molecule has 0 saturated carbocycles. The highest BCUT2D eigenvalue weighted by atomic mass is 16.5.